The summed E-state index contributed by atoms with van der Waals surface area (Å²) in [5.41, 5.74) is 6.15. The van der Waals surface area contributed by atoms with E-state index in [1.807, 2.05) is 69.8 Å². The predicted molar refractivity (Wildman–Crippen MR) is 131 cm³/mol. The highest BCUT2D eigenvalue weighted by molar-refractivity contribution is 7.71. The number of nitrogens with one attached hydrogen (secondary N) is 2. The number of hydrogen-bond acceptors (Lipinski definition) is 4. The maximum Gasteiger partial charge on any atom is 0.200 e. The Labute approximate surface area is 195 Å². The van der Waals surface area contributed by atoms with E-state index in [0.29, 0.717) is 9.54 Å². The van der Waals surface area contributed by atoms with Crippen molar-refractivity contribution in [3.05, 3.63) is 93.5 Å². The largest absolute Gasteiger partial charge is 0.268 e. The fraction of sp³-hybridized carbons (Fsp3) is 0.0833. The number of nitrogens with zero attached hydrogens (tertiary/aromatic N) is 4. The van der Waals surface area contributed by atoms with Gasteiger partial charge in [0.15, 0.2) is 21.2 Å². The van der Waals surface area contributed by atoms with Crippen LogP contribution in [-0.4, -0.2) is 29.5 Å². The Balaban J connectivity index is 1.59. The Morgan fingerprint density at radius 3 is 1.34 bits per heavy atom. The molecule has 2 aromatic heterocycles. The van der Waals surface area contributed by atoms with Crippen molar-refractivity contribution in [3.8, 4) is 34.2 Å². The van der Waals surface area contributed by atoms with Crippen molar-refractivity contribution in [1.29, 1.82) is 0 Å². The van der Waals surface area contributed by atoms with Crippen LogP contribution < -0.4 is 0 Å². The minimum absolute atomic E-state index is 0.554. The van der Waals surface area contributed by atoms with Crippen LogP contribution in [0, 0.1) is 23.4 Å². The van der Waals surface area contributed by atoms with Crippen molar-refractivity contribution in [2.75, 3.05) is 0 Å². The molecular formula is C24H20N6S2. The molecule has 8 heteroatoms. The van der Waals surface area contributed by atoms with E-state index in [9.17, 15) is 0 Å². The molecule has 0 amide bonds. The minimum atomic E-state index is 0.554. The highest BCUT2D eigenvalue weighted by atomic mass is 32.1. The average molecular weight is 457 g/mol. The van der Waals surface area contributed by atoms with Crippen molar-refractivity contribution in [2.24, 2.45) is 0 Å². The van der Waals surface area contributed by atoms with Crippen LogP contribution in [0.2, 0.25) is 0 Å². The SMILES string of the molecule is Cc1ccccc1-n1c(-c2ccc(-c3n[nH]c(=S)n3-c3ccccc3C)cc2)n[nH]c1=S. The van der Waals surface area contributed by atoms with Gasteiger partial charge in [0.25, 0.3) is 0 Å². The van der Waals surface area contributed by atoms with Crippen LogP contribution in [0.3, 0.4) is 0 Å². The molecule has 6 nitrogen and oxygen atoms in total. The van der Waals surface area contributed by atoms with Crippen LogP contribution in [0.15, 0.2) is 72.8 Å². The predicted octanol–water partition coefficient (Wildman–Crippen LogP) is 6.12. The molecule has 2 heterocycles. The Kier molecular flexibility index (Phi) is 5.16. The van der Waals surface area contributed by atoms with Gasteiger partial charge in [0.2, 0.25) is 0 Å². The highest BCUT2D eigenvalue weighted by Gasteiger charge is 2.15. The summed E-state index contributed by atoms with van der Waals surface area (Å²) in [5.74, 6) is 1.52. The zero-order valence-corrected chi connectivity index (χ0v) is 19.2. The third-order valence-corrected chi connectivity index (χ3v) is 6.01. The second-order valence-electron chi connectivity index (χ2n) is 7.53. The summed E-state index contributed by atoms with van der Waals surface area (Å²) in [6, 6.07) is 24.3. The molecule has 5 aromatic rings. The molecular weight excluding hydrogens is 436 g/mol. The second-order valence-corrected chi connectivity index (χ2v) is 8.30. The smallest absolute Gasteiger partial charge is 0.200 e. The van der Waals surface area contributed by atoms with Crippen molar-refractivity contribution >= 4 is 24.4 Å². The normalized spacial score (nSPS) is 11.1. The number of H-pyrrole nitrogens is 2. The van der Waals surface area contributed by atoms with Crippen LogP contribution in [0.1, 0.15) is 11.1 Å². The summed E-state index contributed by atoms with van der Waals surface area (Å²) < 4.78 is 5.03. The summed E-state index contributed by atoms with van der Waals surface area (Å²) in [7, 11) is 0. The van der Waals surface area contributed by atoms with Gasteiger partial charge in [-0.1, -0.05) is 60.7 Å². The molecule has 0 unspecified atom stereocenters. The molecule has 0 aliphatic carbocycles. The lowest BCUT2D eigenvalue weighted by molar-refractivity contribution is 1.02. The molecule has 158 valence electrons. The molecule has 0 bridgehead atoms. The molecule has 5 rings (SSSR count). The van der Waals surface area contributed by atoms with Crippen molar-refractivity contribution in [3.63, 3.8) is 0 Å². The fourth-order valence-corrected chi connectivity index (χ4v) is 4.29. The molecule has 0 aliphatic rings. The number of hydrogen-bond donors (Lipinski definition) is 2. The third kappa shape index (κ3) is 3.43. The molecule has 0 fully saturated rings. The minimum Gasteiger partial charge on any atom is -0.268 e. The second kappa shape index (κ2) is 8.14. The maximum absolute atomic E-state index is 5.52. The van der Waals surface area contributed by atoms with Gasteiger partial charge < -0.3 is 0 Å². The van der Waals surface area contributed by atoms with Crippen molar-refractivity contribution in [1.82, 2.24) is 29.5 Å². The molecule has 0 saturated heterocycles. The topological polar surface area (TPSA) is 67.2 Å². The maximum atomic E-state index is 5.52. The van der Waals surface area contributed by atoms with Gasteiger partial charge in [-0.25, -0.2) is 0 Å². The van der Waals surface area contributed by atoms with E-state index in [4.69, 9.17) is 24.4 Å². The van der Waals surface area contributed by atoms with Crippen LogP contribution in [0.5, 0.6) is 0 Å². The summed E-state index contributed by atoms with van der Waals surface area (Å²) in [4.78, 5) is 0. The van der Waals surface area contributed by atoms with Crippen LogP contribution in [0.25, 0.3) is 34.2 Å². The zero-order valence-electron chi connectivity index (χ0n) is 17.5. The van der Waals surface area contributed by atoms with Gasteiger partial charge in [-0.2, -0.15) is 10.2 Å². The lowest BCUT2D eigenvalue weighted by atomic mass is 10.1. The van der Waals surface area contributed by atoms with Crippen molar-refractivity contribution in [2.45, 2.75) is 13.8 Å². The molecule has 0 spiro atoms. The highest BCUT2D eigenvalue weighted by Crippen LogP contribution is 2.28. The number of rotatable bonds is 4. The summed E-state index contributed by atoms with van der Waals surface area (Å²) >= 11 is 11.0. The number of aryl methyl sites for hydroxylation is 2. The Morgan fingerprint density at radius 2 is 0.969 bits per heavy atom. The Hall–Kier alpha value is -3.62. The number of aromatic amines is 2. The van der Waals surface area contributed by atoms with E-state index in [0.717, 1.165) is 45.3 Å². The van der Waals surface area contributed by atoms with Crippen LogP contribution in [0.4, 0.5) is 0 Å². The standard InChI is InChI=1S/C24H20N6S2/c1-15-7-3-5-9-19(15)29-21(25-27-23(29)31)17-11-13-18(14-12-17)22-26-28-24(32)30(22)20-10-6-4-8-16(20)2/h3-14H,1-2H3,(H,27,31)(H,28,32). The first-order valence-electron chi connectivity index (χ1n) is 10.1. The first-order valence-corrected chi connectivity index (χ1v) is 10.9. The monoisotopic (exact) mass is 456 g/mol. The molecule has 0 aliphatic heterocycles. The Morgan fingerprint density at radius 1 is 0.594 bits per heavy atom. The van der Waals surface area contributed by atoms with Crippen LogP contribution in [-0.2, 0) is 0 Å². The Bertz CT molecular complexity index is 1420. The molecule has 0 atom stereocenters. The lowest BCUT2D eigenvalue weighted by Gasteiger charge is -2.11. The van der Waals surface area contributed by atoms with E-state index in [2.05, 4.69) is 46.4 Å². The van der Waals surface area contributed by atoms with E-state index in [1.165, 1.54) is 0 Å². The van der Waals surface area contributed by atoms with Gasteiger partial charge in [-0.15, -0.1) is 0 Å². The first-order chi connectivity index (χ1) is 15.5. The van der Waals surface area contributed by atoms with E-state index in [1.54, 1.807) is 0 Å². The van der Waals surface area contributed by atoms with Gasteiger partial charge in [-0.3, -0.25) is 19.3 Å². The quantitative estimate of drug-likeness (QED) is 0.320. The summed E-state index contributed by atoms with van der Waals surface area (Å²) in [6.07, 6.45) is 0. The van der Waals surface area contributed by atoms with Crippen LogP contribution >= 0.6 is 24.4 Å². The van der Waals surface area contributed by atoms with Gasteiger partial charge in [0.05, 0.1) is 11.4 Å². The summed E-state index contributed by atoms with van der Waals surface area (Å²) in [6.45, 7) is 4.12. The third-order valence-electron chi connectivity index (χ3n) is 5.46. The molecule has 0 radical (unpaired) electrons. The van der Waals surface area contributed by atoms with E-state index >= 15 is 0 Å². The average Bonchev–Trinajstić information content (AvgIpc) is 3.37. The number of benzene rings is 3. The number of para-hydroxylation sites is 2. The van der Waals surface area contributed by atoms with Gasteiger partial charge in [-0.05, 0) is 61.5 Å². The van der Waals surface area contributed by atoms with E-state index in [-0.39, 0.29) is 0 Å². The molecule has 0 saturated carbocycles. The van der Waals surface area contributed by atoms with Crippen molar-refractivity contribution < 1.29 is 0 Å². The van der Waals surface area contributed by atoms with Gasteiger partial charge in [0.1, 0.15) is 0 Å². The summed E-state index contributed by atoms with van der Waals surface area (Å²) in [5, 5.41) is 14.8. The zero-order chi connectivity index (χ0) is 22.2. The van der Waals surface area contributed by atoms with Gasteiger partial charge >= 0.3 is 0 Å². The van der Waals surface area contributed by atoms with Gasteiger partial charge in [0, 0.05) is 11.1 Å². The molecule has 2 N–H and O–H groups in total. The fourth-order valence-electron chi connectivity index (χ4n) is 3.83. The number of aromatic nitrogens is 6. The molecule has 3 aromatic carbocycles. The van der Waals surface area contributed by atoms with E-state index < -0.39 is 0 Å². The first kappa shape index (κ1) is 20.3. The molecule has 32 heavy (non-hydrogen) atoms. The lowest BCUT2D eigenvalue weighted by Crippen LogP contribution is -2.01.